The molecular formula is C24H28N4O3S2. The van der Waals surface area contributed by atoms with Gasteiger partial charge in [-0.15, -0.1) is 11.3 Å². The average Bonchev–Trinajstić information content (AvgIpc) is 3.20. The highest BCUT2D eigenvalue weighted by Gasteiger charge is 2.25. The third kappa shape index (κ3) is 5.43. The number of aromatic nitrogens is 1. The van der Waals surface area contributed by atoms with Crippen LogP contribution in [0.2, 0.25) is 0 Å². The number of hydrogen-bond acceptors (Lipinski definition) is 6. The van der Waals surface area contributed by atoms with Crippen molar-refractivity contribution in [2.45, 2.75) is 32.2 Å². The third-order valence-corrected chi connectivity index (χ3v) is 8.04. The summed E-state index contributed by atoms with van der Waals surface area (Å²) < 4.78 is 28.6. The molecule has 174 valence electrons. The van der Waals surface area contributed by atoms with Gasteiger partial charge in [0.25, 0.3) is 15.9 Å². The Labute approximate surface area is 199 Å². The molecule has 0 saturated carbocycles. The minimum absolute atomic E-state index is 0.0808. The van der Waals surface area contributed by atoms with Gasteiger partial charge in [-0.3, -0.25) is 14.4 Å². The molecule has 1 N–H and O–H groups in total. The highest BCUT2D eigenvalue weighted by Crippen LogP contribution is 2.23. The lowest BCUT2D eigenvalue weighted by molar-refractivity contribution is 0.0626. The second kappa shape index (κ2) is 9.62. The zero-order valence-electron chi connectivity index (χ0n) is 19.0. The lowest BCUT2D eigenvalue weighted by Gasteiger charge is -2.34. The van der Waals surface area contributed by atoms with Gasteiger partial charge in [0, 0.05) is 43.7 Å². The molecular weight excluding hydrogens is 456 g/mol. The van der Waals surface area contributed by atoms with Crippen LogP contribution in [0.1, 0.15) is 32.2 Å². The number of thiazole rings is 1. The summed E-state index contributed by atoms with van der Waals surface area (Å²) in [4.78, 5) is 22.0. The van der Waals surface area contributed by atoms with Crippen molar-refractivity contribution < 1.29 is 13.2 Å². The van der Waals surface area contributed by atoms with Crippen LogP contribution >= 0.6 is 11.3 Å². The fourth-order valence-electron chi connectivity index (χ4n) is 3.88. The van der Waals surface area contributed by atoms with E-state index in [0.29, 0.717) is 24.3 Å². The molecule has 0 aliphatic carbocycles. The van der Waals surface area contributed by atoms with E-state index in [9.17, 15) is 13.2 Å². The minimum Gasteiger partial charge on any atom is -0.336 e. The summed E-state index contributed by atoms with van der Waals surface area (Å²) in [6.07, 6.45) is 0. The Balaban J connectivity index is 1.46. The standard InChI is InChI=1S/C24H28N4O3S2/c1-17-8-9-21(33(30,31)26-23-7-5-4-6-18(23)2)14-22(17)24(29)28-12-10-27(11-13-28)15-20-16-32-19(3)25-20/h4-9,14,16,26H,10-13,15H2,1-3H3. The van der Waals surface area contributed by atoms with E-state index in [-0.39, 0.29) is 10.8 Å². The van der Waals surface area contributed by atoms with Crippen molar-refractivity contribution in [1.29, 1.82) is 0 Å². The van der Waals surface area contributed by atoms with Crippen LogP contribution in [-0.4, -0.2) is 55.3 Å². The Bertz CT molecular complexity index is 1260. The monoisotopic (exact) mass is 484 g/mol. The summed E-state index contributed by atoms with van der Waals surface area (Å²) >= 11 is 1.65. The topological polar surface area (TPSA) is 82.6 Å². The first-order valence-corrected chi connectivity index (χ1v) is 13.2. The number of rotatable bonds is 6. The van der Waals surface area contributed by atoms with E-state index in [4.69, 9.17) is 0 Å². The molecule has 2 aromatic carbocycles. The molecule has 1 aliphatic heterocycles. The van der Waals surface area contributed by atoms with E-state index >= 15 is 0 Å². The van der Waals surface area contributed by atoms with Crippen LogP contribution in [0.5, 0.6) is 0 Å². The SMILES string of the molecule is Cc1nc(CN2CCN(C(=O)c3cc(S(=O)(=O)Nc4ccccc4C)ccc3C)CC2)cs1. The maximum atomic E-state index is 13.3. The number of amides is 1. The first kappa shape index (κ1) is 23.4. The molecule has 3 aromatic rings. The molecule has 0 unspecified atom stereocenters. The minimum atomic E-state index is -3.82. The molecule has 9 heteroatoms. The highest BCUT2D eigenvalue weighted by atomic mass is 32.2. The van der Waals surface area contributed by atoms with Crippen LogP contribution in [0, 0.1) is 20.8 Å². The van der Waals surface area contributed by atoms with Crippen molar-refractivity contribution in [1.82, 2.24) is 14.8 Å². The predicted octanol–water partition coefficient (Wildman–Crippen LogP) is 3.83. The Morgan fingerprint density at radius 3 is 2.42 bits per heavy atom. The van der Waals surface area contributed by atoms with Crippen molar-refractivity contribution in [3.8, 4) is 0 Å². The number of carbonyl (C=O) groups excluding carboxylic acids is 1. The Hall–Kier alpha value is -2.75. The molecule has 7 nitrogen and oxygen atoms in total. The molecule has 1 saturated heterocycles. The second-order valence-electron chi connectivity index (χ2n) is 8.32. The van der Waals surface area contributed by atoms with E-state index in [2.05, 4.69) is 20.0 Å². The molecule has 0 bridgehead atoms. The second-order valence-corrected chi connectivity index (χ2v) is 11.1. The normalized spacial score (nSPS) is 14.9. The Kier molecular flexibility index (Phi) is 6.83. The molecule has 0 radical (unpaired) electrons. The van der Waals surface area contributed by atoms with Gasteiger partial charge >= 0.3 is 0 Å². The predicted molar refractivity (Wildman–Crippen MR) is 131 cm³/mol. The first-order chi connectivity index (χ1) is 15.7. The van der Waals surface area contributed by atoms with Gasteiger partial charge in [0.1, 0.15) is 0 Å². The number of anilines is 1. The number of carbonyl (C=O) groups is 1. The van der Waals surface area contributed by atoms with E-state index in [1.807, 2.05) is 32.9 Å². The van der Waals surface area contributed by atoms with Gasteiger partial charge in [-0.25, -0.2) is 13.4 Å². The van der Waals surface area contributed by atoms with Gasteiger partial charge in [-0.05, 0) is 50.1 Å². The average molecular weight is 485 g/mol. The van der Waals surface area contributed by atoms with Crippen molar-refractivity contribution in [2.24, 2.45) is 0 Å². The van der Waals surface area contributed by atoms with Crippen LogP contribution in [-0.2, 0) is 16.6 Å². The van der Waals surface area contributed by atoms with E-state index < -0.39 is 10.0 Å². The van der Waals surface area contributed by atoms with Crippen LogP contribution in [0.4, 0.5) is 5.69 Å². The van der Waals surface area contributed by atoms with Crippen molar-refractivity contribution in [3.05, 3.63) is 75.2 Å². The lowest BCUT2D eigenvalue weighted by atomic mass is 10.1. The number of sulfonamides is 1. The van der Waals surface area contributed by atoms with Crippen LogP contribution in [0.25, 0.3) is 0 Å². The summed E-state index contributed by atoms with van der Waals surface area (Å²) in [6, 6.07) is 11.9. The van der Waals surface area contributed by atoms with E-state index in [0.717, 1.165) is 41.5 Å². The smallest absolute Gasteiger partial charge is 0.261 e. The summed E-state index contributed by atoms with van der Waals surface area (Å²) in [7, 11) is -3.82. The number of para-hydroxylation sites is 1. The summed E-state index contributed by atoms with van der Waals surface area (Å²) in [5, 5.41) is 3.13. The fourth-order valence-corrected chi connectivity index (χ4v) is 5.64. The van der Waals surface area contributed by atoms with Gasteiger partial charge in [-0.2, -0.15) is 0 Å². The molecule has 4 rings (SSSR count). The van der Waals surface area contributed by atoms with Crippen molar-refractivity contribution >= 4 is 33.0 Å². The number of aryl methyl sites for hydroxylation is 3. The number of hydrogen-bond donors (Lipinski definition) is 1. The van der Waals surface area contributed by atoms with Gasteiger partial charge < -0.3 is 4.90 Å². The highest BCUT2D eigenvalue weighted by molar-refractivity contribution is 7.92. The van der Waals surface area contributed by atoms with Crippen molar-refractivity contribution in [2.75, 3.05) is 30.9 Å². The first-order valence-electron chi connectivity index (χ1n) is 10.8. The number of benzene rings is 2. The summed E-state index contributed by atoms with van der Waals surface area (Å²) in [6.45, 7) is 9.17. The molecule has 33 heavy (non-hydrogen) atoms. The van der Waals surface area contributed by atoms with Gasteiger partial charge in [0.15, 0.2) is 0 Å². The van der Waals surface area contributed by atoms with Gasteiger partial charge in [0.2, 0.25) is 0 Å². The molecule has 0 spiro atoms. The number of piperazine rings is 1. The summed E-state index contributed by atoms with van der Waals surface area (Å²) in [5.41, 5.74) is 3.60. The van der Waals surface area contributed by atoms with Crippen molar-refractivity contribution in [3.63, 3.8) is 0 Å². The zero-order valence-corrected chi connectivity index (χ0v) is 20.7. The Morgan fingerprint density at radius 2 is 1.76 bits per heavy atom. The zero-order chi connectivity index (χ0) is 23.6. The number of nitrogens with one attached hydrogen (secondary N) is 1. The molecule has 1 fully saturated rings. The van der Waals surface area contributed by atoms with Gasteiger partial charge in [-0.1, -0.05) is 24.3 Å². The van der Waals surface area contributed by atoms with Gasteiger partial charge in [0.05, 0.1) is 21.3 Å². The Morgan fingerprint density at radius 1 is 1.03 bits per heavy atom. The maximum absolute atomic E-state index is 13.3. The molecule has 1 amide bonds. The van der Waals surface area contributed by atoms with Crippen LogP contribution < -0.4 is 4.72 Å². The quantitative estimate of drug-likeness (QED) is 0.575. The van der Waals surface area contributed by atoms with E-state index in [1.54, 1.807) is 40.5 Å². The summed E-state index contributed by atoms with van der Waals surface area (Å²) in [5.74, 6) is -0.135. The molecule has 1 aromatic heterocycles. The number of nitrogens with zero attached hydrogens (tertiary/aromatic N) is 3. The van der Waals surface area contributed by atoms with Crippen LogP contribution in [0.3, 0.4) is 0 Å². The van der Waals surface area contributed by atoms with E-state index in [1.165, 1.54) is 6.07 Å². The third-order valence-electron chi connectivity index (χ3n) is 5.85. The lowest BCUT2D eigenvalue weighted by Crippen LogP contribution is -2.48. The largest absolute Gasteiger partial charge is 0.336 e. The fraction of sp³-hybridized carbons (Fsp3) is 0.333. The van der Waals surface area contributed by atoms with Crippen LogP contribution in [0.15, 0.2) is 52.7 Å². The molecule has 2 heterocycles. The molecule has 1 aliphatic rings. The maximum Gasteiger partial charge on any atom is 0.261 e. The molecule has 0 atom stereocenters.